The lowest BCUT2D eigenvalue weighted by molar-refractivity contribution is -0.127. The Kier molecular flexibility index (Phi) is 3.64. The molecule has 0 bridgehead atoms. The first-order valence-corrected chi connectivity index (χ1v) is 5.97. The van der Waals surface area contributed by atoms with Crippen LogP contribution < -0.4 is 5.73 Å². The minimum atomic E-state index is 0.101. The van der Waals surface area contributed by atoms with Crippen molar-refractivity contribution in [1.29, 1.82) is 0 Å². The summed E-state index contributed by atoms with van der Waals surface area (Å²) in [7, 11) is 0. The van der Waals surface area contributed by atoms with Crippen LogP contribution in [0.25, 0.3) is 0 Å². The summed E-state index contributed by atoms with van der Waals surface area (Å²) in [6.45, 7) is 1.96. The normalized spacial score (nSPS) is 17.5. The number of carbonyl (C=O) groups is 1. The molecule has 1 unspecified atom stereocenters. The Labute approximate surface area is 101 Å². The molecule has 17 heavy (non-hydrogen) atoms. The standard InChI is InChI=1S/C13H18N2O2/c14-8-11(9-15-6-2-5-13(15)17)10-3-1-4-12(16)7-10/h1,3-4,7,11,16H,2,5-6,8-9,14H2. The largest absolute Gasteiger partial charge is 0.508 e. The third kappa shape index (κ3) is 2.77. The van der Waals surface area contributed by atoms with E-state index < -0.39 is 0 Å². The molecule has 1 fully saturated rings. The lowest BCUT2D eigenvalue weighted by atomic mass is 9.98. The number of phenols is 1. The van der Waals surface area contributed by atoms with E-state index in [1.165, 1.54) is 0 Å². The van der Waals surface area contributed by atoms with Crippen molar-refractivity contribution in [3.8, 4) is 5.75 Å². The number of nitrogens with two attached hydrogens (primary N) is 1. The fraction of sp³-hybridized carbons (Fsp3) is 0.462. The Morgan fingerprint density at radius 3 is 2.88 bits per heavy atom. The topological polar surface area (TPSA) is 66.6 Å². The third-order valence-electron chi connectivity index (χ3n) is 3.24. The van der Waals surface area contributed by atoms with Gasteiger partial charge < -0.3 is 15.7 Å². The van der Waals surface area contributed by atoms with E-state index in [0.717, 1.165) is 18.5 Å². The monoisotopic (exact) mass is 234 g/mol. The molecule has 1 amide bonds. The van der Waals surface area contributed by atoms with Crippen molar-refractivity contribution in [3.63, 3.8) is 0 Å². The summed E-state index contributed by atoms with van der Waals surface area (Å²) >= 11 is 0. The SMILES string of the molecule is NCC(CN1CCCC1=O)c1cccc(O)c1. The predicted molar refractivity (Wildman–Crippen MR) is 65.7 cm³/mol. The number of rotatable bonds is 4. The number of carbonyl (C=O) groups excluding carboxylic acids is 1. The Hall–Kier alpha value is -1.55. The molecule has 4 heteroatoms. The number of hydrogen-bond acceptors (Lipinski definition) is 3. The highest BCUT2D eigenvalue weighted by molar-refractivity contribution is 5.78. The van der Waals surface area contributed by atoms with Gasteiger partial charge in [0, 0.05) is 32.0 Å². The maximum absolute atomic E-state index is 11.6. The average molecular weight is 234 g/mol. The van der Waals surface area contributed by atoms with E-state index in [0.29, 0.717) is 19.5 Å². The molecule has 0 radical (unpaired) electrons. The van der Waals surface area contributed by atoms with E-state index >= 15 is 0 Å². The molecule has 1 aromatic rings. The Morgan fingerprint density at radius 1 is 1.47 bits per heavy atom. The minimum absolute atomic E-state index is 0.101. The van der Waals surface area contributed by atoms with Crippen molar-refractivity contribution >= 4 is 5.91 Å². The van der Waals surface area contributed by atoms with Gasteiger partial charge >= 0.3 is 0 Å². The van der Waals surface area contributed by atoms with Crippen molar-refractivity contribution in [1.82, 2.24) is 4.90 Å². The molecule has 0 aromatic heterocycles. The zero-order chi connectivity index (χ0) is 12.3. The van der Waals surface area contributed by atoms with Crippen LogP contribution in [0.2, 0.25) is 0 Å². The molecule has 3 N–H and O–H groups in total. The molecule has 1 saturated heterocycles. The first-order chi connectivity index (χ1) is 8.20. The van der Waals surface area contributed by atoms with Crippen LogP contribution in [0, 0.1) is 0 Å². The zero-order valence-electron chi connectivity index (χ0n) is 9.80. The van der Waals surface area contributed by atoms with Gasteiger partial charge in [-0.2, -0.15) is 0 Å². The molecule has 1 aliphatic heterocycles. The fourth-order valence-electron chi connectivity index (χ4n) is 2.26. The average Bonchev–Trinajstić information content (AvgIpc) is 2.71. The molecular weight excluding hydrogens is 216 g/mol. The quantitative estimate of drug-likeness (QED) is 0.818. The lowest BCUT2D eigenvalue weighted by Crippen LogP contribution is -2.32. The van der Waals surface area contributed by atoms with Crippen LogP contribution in [-0.4, -0.2) is 35.5 Å². The van der Waals surface area contributed by atoms with Gasteiger partial charge in [-0.05, 0) is 24.1 Å². The number of benzene rings is 1. The lowest BCUT2D eigenvalue weighted by Gasteiger charge is -2.23. The third-order valence-corrected chi connectivity index (χ3v) is 3.24. The summed E-state index contributed by atoms with van der Waals surface area (Å²) in [4.78, 5) is 13.4. The summed E-state index contributed by atoms with van der Waals surface area (Å²) in [5, 5.41) is 9.45. The van der Waals surface area contributed by atoms with Crippen molar-refractivity contribution in [2.24, 2.45) is 5.73 Å². The van der Waals surface area contributed by atoms with Crippen LogP contribution in [0.1, 0.15) is 24.3 Å². The molecule has 2 rings (SSSR count). The van der Waals surface area contributed by atoms with E-state index in [-0.39, 0.29) is 17.6 Å². The zero-order valence-corrected chi connectivity index (χ0v) is 9.80. The summed E-state index contributed by atoms with van der Waals surface area (Å²) in [5.41, 5.74) is 6.75. The first kappa shape index (κ1) is 11.9. The first-order valence-electron chi connectivity index (χ1n) is 5.97. The smallest absolute Gasteiger partial charge is 0.222 e. The van der Waals surface area contributed by atoms with Crippen molar-refractivity contribution < 1.29 is 9.90 Å². The van der Waals surface area contributed by atoms with Crippen LogP contribution in [0.3, 0.4) is 0 Å². The van der Waals surface area contributed by atoms with Gasteiger partial charge in [-0.15, -0.1) is 0 Å². The molecule has 1 aromatic carbocycles. The van der Waals surface area contributed by atoms with E-state index in [1.807, 2.05) is 11.0 Å². The van der Waals surface area contributed by atoms with Gasteiger partial charge in [0.1, 0.15) is 5.75 Å². The molecule has 0 saturated carbocycles. The van der Waals surface area contributed by atoms with Gasteiger partial charge in [0.2, 0.25) is 5.91 Å². The maximum atomic E-state index is 11.6. The summed E-state index contributed by atoms with van der Waals surface area (Å²) in [6, 6.07) is 7.10. The molecule has 1 aliphatic rings. The van der Waals surface area contributed by atoms with Gasteiger partial charge in [0.15, 0.2) is 0 Å². The van der Waals surface area contributed by atoms with Gasteiger partial charge in [-0.1, -0.05) is 12.1 Å². The number of amides is 1. The summed E-state index contributed by atoms with van der Waals surface area (Å²) in [6.07, 6.45) is 1.59. The Morgan fingerprint density at radius 2 is 2.29 bits per heavy atom. The van der Waals surface area contributed by atoms with Crippen LogP contribution in [-0.2, 0) is 4.79 Å². The van der Waals surface area contributed by atoms with E-state index in [9.17, 15) is 9.90 Å². The van der Waals surface area contributed by atoms with Crippen LogP contribution in [0.15, 0.2) is 24.3 Å². The van der Waals surface area contributed by atoms with Crippen molar-refractivity contribution in [2.75, 3.05) is 19.6 Å². The molecule has 0 aliphatic carbocycles. The van der Waals surface area contributed by atoms with E-state index in [1.54, 1.807) is 18.2 Å². The second kappa shape index (κ2) is 5.19. The summed E-state index contributed by atoms with van der Waals surface area (Å²) in [5.74, 6) is 0.557. The maximum Gasteiger partial charge on any atom is 0.222 e. The van der Waals surface area contributed by atoms with E-state index in [2.05, 4.69) is 0 Å². The highest BCUT2D eigenvalue weighted by atomic mass is 16.3. The van der Waals surface area contributed by atoms with Crippen molar-refractivity contribution in [2.45, 2.75) is 18.8 Å². The Balaban J connectivity index is 2.08. The van der Waals surface area contributed by atoms with Crippen molar-refractivity contribution in [3.05, 3.63) is 29.8 Å². The molecule has 1 heterocycles. The fourth-order valence-corrected chi connectivity index (χ4v) is 2.26. The number of phenolic OH excluding ortho intramolecular Hbond substituents is 1. The number of nitrogens with zero attached hydrogens (tertiary/aromatic N) is 1. The van der Waals surface area contributed by atoms with Gasteiger partial charge in [-0.25, -0.2) is 0 Å². The minimum Gasteiger partial charge on any atom is -0.508 e. The molecule has 0 spiro atoms. The van der Waals surface area contributed by atoms with Gasteiger partial charge in [-0.3, -0.25) is 4.79 Å². The van der Waals surface area contributed by atoms with Crippen LogP contribution in [0.5, 0.6) is 5.75 Å². The number of hydrogen-bond donors (Lipinski definition) is 2. The highest BCUT2D eigenvalue weighted by Crippen LogP contribution is 2.22. The Bertz CT molecular complexity index is 406. The van der Waals surface area contributed by atoms with Crippen LogP contribution >= 0.6 is 0 Å². The van der Waals surface area contributed by atoms with E-state index in [4.69, 9.17) is 5.73 Å². The predicted octanol–water partition coefficient (Wildman–Crippen LogP) is 1.06. The molecular formula is C13H18N2O2. The van der Waals surface area contributed by atoms with Crippen LogP contribution in [0.4, 0.5) is 0 Å². The second-order valence-electron chi connectivity index (χ2n) is 4.47. The number of likely N-dealkylation sites (tertiary alicyclic amines) is 1. The molecule has 4 nitrogen and oxygen atoms in total. The van der Waals surface area contributed by atoms with Gasteiger partial charge in [0.05, 0.1) is 0 Å². The van der Waals surface area contributed by atoms with Gasteiger partial charge in [0.25, 0.3) is 0 Å². The summed E-state index contributed by atoms with van der Waals surface area (Å²) < 4.78 is 0. The molecule has 92 valence electrons. The highest BCUT2D eigenvalue weighted by Gasteiger charge is 2.23. The second-order valence-corrected chi connectivity index (χ2v) is 4.47. The number of aromatic hydroxyl groups is 1. The molecule has 1 atom stereocenters.